The molecule has 0 saturated heterocycles. The van der Waals surface area contributed by atoms with Crippen LogP contribution in [-0.4, -0.2) is 12.2 Å². The Kier molecular flexibility index (Phi) is 6.70. The van der Waals surface area contributed by atoms with Gasteiger partial charge in [0.15, 0.2) is 0 Å². The van der Waals surface area contributed by atoms with Crippen LogP contribution in [0.1, 0.15) is 77.6 Å². The van der Waals surface area contributed by atoms with Crippen LogP contribution in [0, 0.1) is 23.7 Å². The SMILES string of the molecule is CCCC1CCC(C2CCC(C3=CC(F)(OC(F)(F)F)CC=C3)CC2)CC1. The second-order valence-corrected chi connectivity index (χ2v) is 8.77. The van der Waals surface area contributed by atoms with E-state index in [9.17, 15) is 17.6 Å². The Labute approximate surface area is 160 Å². The van der Waals surface area contributed by atoms with Crippen LogP contribution in [-0.2, 0) is 4.74 Å². The van der Waals surface area contributed by atoms with Gasteiger partial charge in [-0.15, -0.1) is 13.2 Å². The van der Waals surface area contributed by atoms with Gasteiger partial charge in [-0.2, -0.15) is 0 Å². The third kappa shape index (κ3) is 5.82. The Balaban J connectivity index is 1.52. The van der Waals surface area contributed by atoms with Gasteiger partial charge in [-0.1, -0.05) is 44.8 Å². The molecular formula is C22H32F4O. The fourth-order valence-corrected chi connectivity index (χ4v) is 5.51. The maximum atomic E-state index is 14.5. The second kappa shape index (κ2) is 8.67. The molecular weight excluding hydrogens is 356 g/mol. The van der Waals surface area contributed by atoms with Crippen molar-refractivity contribution in [2.45, 2.75) is 89.8 Å². The molecule has 0 aromatic carbocycles. The first-order valence-electron chi connectivity index (χ1n) is 10.6. The van der Waals surface area contributed by atoms with Gasteiger partial charge in [0.25, 0.3) is 0 Å². The Morgan fingerprint density at radius 2 is 1.59 bits per heavy atom. The van der Waals surface area contributed by atoms with Crippen molar-refractivity contribution in [1.82, 2.24) is 0 Å². The fourth-order valence-electron chi connectivity index (χ4n) is 5.51. The molecule has 3 aliphatic carbocycles. The molecule has 0 N–H and O–H groups in total. The van der Waals surface area contributed by atoms with Crippen molar-refractivity contribution in [3.63, 3.8) is 0 Å². The minimum absolute atomic E-state index is 0.154. The third-order valence-corrected chi connectivity index (χ3v) is 6.87. The Morgan fingerprint density at radius 3 is 2.15 bits per heavy atom. The molecule has 1 nitrogen and oxygen atoms in total. The molecule has 3 rings (SSSR count). The first kappa shape index (κ1) is 20.9. The molecule has 0 radical (unpaired) electrons. The second-order valence-electron chi connectivity index (χ2n) is 8.77. The number of allylic oxidation sites excluding steroid dienone is 2. The first-order chi connectivity index (χ1) is 12.8. The van der Waals surface area contributed by atoms with E-state index >= 15 is 0 Å². The van der Waals surface area contributed by atoms with Crippen molar-refractivity contribution in [2.75, 3.05) is 0 Å². The number of alkyl halides is 4. The normalized spacial score (nSPS) is 37.9. The summed E-state index contributed by atoms with van der Waals surface area (Å²) in [6.07, 6.45) is 11.1. The quantitative estimate of drug-likeness (QED) is 0.443. The lowest BCUT2D eigenvalue weighted by Crippen LogP contribution is -2.34. The topological polar surface area (TPSA) is 9.23 Å². The van der Waals surface area contributed by atoms with Crippen LogP contribution < -0.4 is 0 Å². The minimum atomic E-state index is -4.96. The van der Waals surface area contributed by atoms with Gasteiger partial charge in [-0.3, -0.25) is 4.74 Å². The Bertz CT molecular complexity index is 537. The minimum Gasteiger partial charge on any atom is -0.250 e. The maximum Gasteiger partial charge on any atom is 0.525 e. The zero-order valence-electron chi connectivity index (χ0n) is 16.2. The van der Waals surface area contributed by atoms with Gasteiger partial charge in [-0.25, -0.2) is 4.39 Å². The smallest absolute Gasteiger partial charge is 0.250 e. The Hall–Kier alpha value is -0.840. The van der Waals surface area contributed by atoms with E-state index in [1.807, 2.05) is 0 Å². The number of ether oxygens (including phenoxy) is 1. The van der Waals surface area contributed by atoms with E-state index < -0.39 is 12.2 Å². The lowest BCUT2D eigenvalue weighted by molar-refractivity contribution is -0.380. The average Bonchev–Trinajstić information content (AvgIpc) is 2.61. The summed E-state index contributed by atoms with van der Waals surface area (Å²) in [5.74, 6) is -0.147. The van der Waals surface area contributed by atoms with Crippen molar-refractivity contribution in [1.29, 1.82) is 0 Å². The largest absolute Gasteiger partial charge is 0.525 e. The summed E-state index contributed by atoms with van der Waals surface area (Å²) in [5.41, 5.74) is 0.679. The highest BCUT2D eigenvalue weighted by Crippen LogP contribution is 2.45. The molecule has 0 aromatic heterocycles. The molecule has 27 heavy (non-hydrogen) atoms. The molecule has 0 amide bonds. The van der Waals surface area contributed by atoms with Crippen LogP contribution in [0.25, 0.3) is 0 Å². The van der Waals surface area contributed by atoms with Crippen LogP contribution in [0.15, 0.2) is 23.8 Å². The van der Waals surface area contributed by atoms with E-state index in [1.165, 1.54) is 44.6 Å². The zero-order valence-corrected chi connectivity index (χ0v) is 16.2. The van der Waals surface area contributed by atoms with Crippen LogP contribution in [0.2, 0.25) is 0 Å². The van der Waals surface area contributed by atoms with E-state index in [4.69, 9.17) is 0 Å². The summed E-state index contributed by atoms with van der Waals surface area (Å²) < 4.78 is 55.6. The van der Waals surface area contributed by atoms with Gasteiger partial charge < -0.3 is 0 Å². The van der Waals surface area contributed by atoms with Crippen molar-refractivity contribution in [2.24, 2.45) is 23.7 Å². The molecule has 0 aromatic rings. The molecule has 0 aliphatic heterocycles. The van der Waals surface area contributed by atoms with Gasteiger partial charge in [0.1, 0.15) is 0 Å². The summed E-state index contributed by atoms with van der Waals surface area (Å²) in [4.78, 5) is 0. The van der Waals surface area contributed by atoms with Crippen LogP contribution in [0.4, 0.5) is 17.6 Å². The summed E-state index contributed by atoms with van der Waals surface area (Å²) in [6, 6.07) is 0. The zero-order chi connectivity index (χ0) is 19.5. The molecule has 1 atom stereocenters. The van der Waals surface area contributed by atoms with Gasteiger partial charge in [0.05, 0.1) is 0 Å². The molecule has 2 fully saturated rings. The highest BCUT2D eigenvalue weighted by atomic mass is 19.4. The average molecular weight is 388 g/mol. The number of halogens is 4. The molecule has 154 valence electrons. The summed E-state index contributed by atoms with van der Waals surface area (Å²) >= 11 is 0. The number of hydrogen-bond donors (Lipinski definition) is 0. The summed E-state index contributed by atoms with van der Waals surface area (Å²) in [6.45, 7) is 2.26. The van der Waals surface area contributed by atoms with Crippen molar-refractivity contribution >= 4 is 0 Å². The van der Waals surface area contributed by atoms with Gasteiger partial charge in [0.2, 0.25) is 5.85 Å². The van der Waals surface area contributed by atoms with Crippen LogP contribution in [0.3, 0.4) is 0 Å². The molecule has 5 heteroatoms. The molecule has 3 aliphatic rings. The monoisotopic (exact) mass is 388 g/mol. The highest BCUT2D eigenvalue weighted by molar-refractivity contribution is 5.29. The Morgan fingerprint density at radius 1 is 1.00 bits per heavy atom. The molecule has 2 saturated carbocycles. The lowest BCUT2D eigenvalue weighted by Gasteiger charge is -2.38. The molecule has 1 unspecified atom stereocenters. The highest BCUT2D eigenvalue weighted by Gasteiger charge is 2.44. The van der Waals surface area contributed by atoms with E-state index in [1.54, 1.807) is 6.08 Å². The molecule has 0 bridgehead atoms. The molecule has 0 spiro atoms. The van der Waals surface area contributed by atoms with Crippen LogP contribution >= 0.6 is 0 Å². The van der Waals surface area contributed by atoms with Crippen molar-refractivity contribution < 1.29 is 22.3 Å². The van der Waals surface area contributed by atoms with E-state index in [2.05, 4.69) is 11.7 Å². The maximum absolute atomic E-state index is 14.5. The predicted octanol–water partition coefficient (Wildman–Crippen LogP) is 7.49. The van der Waals surface area contributed by atoms with Crippen molar-refractivity contribution in [3.8, 4) is 0 Å². The van der Waals surface area contributed by atoms with Crippen molar-refractivity contribution in [3.05, 3.63) is 23.8 Å². The number of rotatable bonds is 5. The third-order valence-electron chi connectivity index (χ3n) is 6.87. The van der Waals surface area contributed by atoms with Gasteiger partial charge in [-0.05, 0) is 73.8 Å². The predicted molar refractivity (Wildman–Crippen MR) is 98.6 cm³/mol. The first-order valence-corrected chi connectivity index (χ1v) is 10.6. The summed E-state index contributed by atoms with van der Waals surface area (Å²) in [5, 5.41) is 0. The van der Waals surface area contributed by atoms with Crippen LogP contribution in [0.5, 0.6) is 0 Å². The van der Waals surface area contributed by atoms with Gasteiger partial charge in [0, 0.05) is 6.42 Å². The number of hydrogen-bond acceptors (Lipinski definition) is 1. The van der Waals surface area contributed by atoms with E-state index in [0.29, 0.717) is 5.57 Å². The van der Waals surface area contributed by atoms with E-state index in [0.717, 1.165) is 49.5 Å². The standard InChI is InChI=1S/C22H32F4O/c1-2-4-16-6-8-17(9-7-16)18-10-12-19(13-11-18)20-5-3-14-21(23,15-20)27-22(24,25)26/h3,5,15-19H,2,4,6-14H2,1H3. The van der Waals surface area contributed by atoms with E-state index in [-0.39, 0.29) is 12.3 Å². The summed E-state index contributed by atoms with van der Waals surface area (Å²) in [7, 11) is 0. The van der Waals surface area contributed by atoms with Gasteiger partial charge >= 0.3 is 6.36 Å². The molecule has 0 heterocycles. The fraction of sp³-hybridized carbons (Fsp3) is 0.818. The lowest BCUT2D eigenvalue weighted by atomic mass is 9.67.